The lowest BCUT2D eigenvalue weighted by Gasteiger charge is -1.96. The standard InChI is InChI=1S/C14H9FN4O2S2/c15-8-3-1-7(2-4-8)10-6-23-14(17-10)16-5-9-11(20)18-13(22)19-12(9)21/h1-6H,(H3,18,19,20,21,22). The highest BCUT2D eigenvalue weighted by Crippen LogP contribution is 2.26. The molecule has 1 aromatic carbocycles. The van der Waals surface area contributed by atoms with Gasteiger partial charge < -0.3 is 10.1 Å². The van der Waals surface area contributed by atoms with Crippen molar-refractivity contribution in [3.05, 3.63) is 56.2 Å². The van der Waals surface area contributed by atoms with Crippen molar-refractivity contribution in [1.82, 2.24) is 15.0 Å². The molecule has 0 amide bonds. The average Bonchev–Trinajstić information content (AvgIpc) is 2.96. The number of thiazole rings is 1. The van der Waals surface area contributed by atoms with Gasteiger partial charge in [0.05, 0.1) is 5.69 Å². The van der Waals surface area contributed by atoms with Crippen LogP contribution in [0.4, 0.5) is 9.52 Å². The second-order valence-electron chi connectivity index (χ2n) is 4.45. The number of benzene rings is 1. The topological polar surface area (TPSA) is 94.1 Å². The van der Waals surface area contributed by atoms with Crippen LogP contribution in [-0.4, -0.2) is 26.3 Å². The van der Waals surface area contributed by atoms with E-state index in [1.807, 2.05) is 0 Å². The van der Waals surface area contributed by atoms with Gasteiger partial charge in [-0.15, -0.1) is 11.3 Å². The van der Waals surface area contributed by atoms with E-state index in [9.17, 15) is 14.3 Å². The number of rotatable bonds is 3. The lowest BCUT2D eigenvalue weighted by Crippen LogP contribution is -2.13. The predicted molar refractivity (Wildman–Crippen MR) is 88.7 cm³/mol. The van der Waals surface area contributed by atoms with E-state index in [1.54, 1.807) is 17.5 Å². The van der Waals surface area contributed by atoms with Gasteiger partial charge in [-0.1, -0.05) is 0 Å². The number of halogens is 1. The smallest absolute Gasteiger partial charge is 0.264 e. The molecule has 2 aromatic heterocycles. The van der Waals surface area contributed by atoms with Crippen molar-refractivity contribution in [1.29, 1.82) is 0 Å². The average molecular weight is 348 g/mol. The lowest BCUT2D eigenvalue weighted by atomic mass is 10.2. The molecule has 0 spiro atoms. The summed E-state index contributed by atoms with van der Waals surface area (Å²) in [7, 11) is 0. The van der Waals surface area contributed by atoms with E-state index >= 15 is 0 Å². The maximum atomic E-state index is 12.9. The molecule has 3 rings (SSSR count). The fourth-order valence-electron chi connectivity index (χ4n) is 1.80. The molecule has 0 fully saturated rings. The zero-order valence-corrected chi connectivity index (χ0v) is 13.0. The molecule has 6 nitrogen and oxygen atoms in total. The van der Waals surface area contributed by atoms with Crippen LogP contribution in [0.1, 0.15) is 5.56 Å². The van der Waals surface area contributed by atoms with E-state index in [2.05, 4.69) is 19.9 Å². The van der Waals surface area contributed by atoms with Gasteiger partial charge in [-0.3, -0.25) is 9.78 Å². The van der Waals surface area contributed by atoms with Gasteiger partial charge in [-0.05, 0) is 36.5 Å². The Morgan fingerprint density at radius 2 is 2.04 bits per heavy atom. The normalized spacial score (nSPS) is 11.2. The number of aromatic nitrogens is 3. The summed E-state index contributed by atoms with van der Waals surface area (Å²) in [6, 6.07) is 5.93. The van der Waals surface area contributed by atoms with Gasteiger partial charge >= 0.3 is 0 Å². The van der Waals surface area contributed by atoms with Gasteiger partial charge in [0, 0.05) is 17.2 Å². The highest BCUT2D eigenvalue weighted by Gasteiger charge is 2.06. The van der Waals surface area contributed by atoms with Crippen LogP contribution < -0.4 is 5.56 Å². The monoisotopic (exact) mass is 348 g/mol. The molecule has 3 N–H and O–H groups in total. The number of aliphatic imine (C=N–C) groups is 1. The maximum Gasteiger partial charge on any atom is 0.264 e. The SMILES string of the molecule is O=c1[nH]c(=S)[nH]c(O)c1C=Nc1nc(-c2ccc(F)cc2)cs1. The quantitative estimate of drug-likeness (QED) is 0.501. The van der Waals surface area contributed by atoms with E-state index in [0.29, 0.717) is 10.8 Å². The van der Waals surface area contributed by atoms with Crippen LogP contribution in [0.5, 0.6) is 5.88 Å². The minimum Gasteiger partial charge on any atom is -0.494 e. The molecule has 9 heteroatoms. The van der Waals surface area contributed by atoms with E-state index < -0.39 is 5.56 Å². The van der Waals surface area contributed by atoms with Crippen LogP contribution >= 0.6 is 23.6 Å². The highest BCUT2D eigenvalue weighted by molar-refractivity contribution is 7.71. The first-order chi connectivity index (χ1) is 11.0. The Morgan fingerprint density at radius 3 is 2.74 bits per heavy atom. The predicted octanol–water partition coefficient (Wildman–Crippen LogP) is 3.15. The molecule has 0 radical (unpaired) electrons. The molecule has 0 saturated heterocycles. The Hall–Kier alpha value is -2.65. The fraction of sp³-hybridized carbons (Fsp3) is 0. The van der Waals surface area contributed by atoms with Crippen molar-refractivity contribution in [2.45, 2.75) is 0 Å². The number of aromatic hydroxyl groups is 1. The summed E-state index contributed by atoms with van der Waals surface area (Å²) >= 11 is 5.99. The molecule has 0 atom stereocenters. The number of hydrogen-bond donors (Lipinski definition) is 3. The van der Waals surface area contributed by atoms with Crippen LogP contribution in [0.2, 0.25) is 0 Å². The first-order valence-electron chi connectivity index (χ1n) is 6.34. The number of aromatic amines is 2. The Labute approximate surface area is 138 Å². The van der Waals surface area contributed by atoms with Gasteiger partial charge in [-0.25, -0.2) is 14.4 Å². The van der Waals surface area contributed by atoms with Crippen molar-refractivity contribution in [2.24, 2.45) is 4.99 Å². The molecular formula is C14H9FN4O2S2. The summed E-state index contributed by atoms with van der Waals surface area (Å²) in [5.41, 5.74) is 0.809. The third-order valence-electron chi connectivity index (χ3n) is 2.89. The zero-order valence-electron chi connectivity index (χ0n) is 11.4. The van der Waals surface area contributed by atoms with Gasteiger partial charge in [0.2, 0.25) is 11.0 Å². The molecule has 116 valence electrons. The fourth-order valence-corrected chi connectivity index (χ4v) is 2.66. The number of hydrogen-bond acceptors (Lipinski definition) is 6. The Balaban J connectivity index is 1.89. The summed E-state index contributed by atoms with van der Waals surface area (Å²) in [6.07, 6.45) is 1.20. The molecule has 0 aliphatic carbocycles. The molecule has 0 saturated carbocycles. The first-order valence-corrected chi connectivity index (χ1v) is 7.63. The van der Waals surface area contributed by atoms with E-state index in [4.69, 9.17) is 12.2 Å². The molecular weight excluding hydrogens is 339 g/mol. The lowest BCUT2D eigenvalue weighted by molar-refractivity contribution is 0.449. The van der Waals surface area contributed by atoms with Crippen LogP contribution in [0.25, 0.3) is 11.3 Å². The Bertz CT molecular complexity index is 989. The van der Waals surface area contributed by atoms with Crippen LogP contribution in [0.3, 0.4) is 0 Å². The van der Waals surface area contributed by atoms with Crippen LogP contribution in [0, 0.1) is 10.6 Å². The minimum absolute atomic E-state index is 0.0255. The number of H-pyrrole nitrogens is 2. The molecule has 0 aliphatic heterocycles. The first kappa shape index (κ1) is 15.3. The van der Waals surface area contributed by atoms with E-state index in [1.165, 1.54) is 29.7 Å². The van der Waals surface area contributed by atoms with Crippen LogP contribution in [-0.2, 0) is 0 Å². The van der Waals surface area contributed by atoms with Crippen LogP contribution in [0.15, 0.2) is 39.4 Å². The van der Waals surface area contributed by atoms with Crippen molar-refractivity contribution < 1.29 is 9.50 Å². The summed E-state index contributed by atoms with van der Waals surface area (Å²) in [4.78, 5) is 24.8. The van der Waals surface area contributed by atoms with Crippen molar-refractivity contribution in [2.75, 3.05) is 0 Å². The molecule has 2 heterocycles. The van der Waals surface area contributed by atoms with E-state index in [-0.39, 0.29) is 22.0 Å². The third-order valence-corrected chi connectivity index (χ3v) is 3.85. The molecule has 0 aliphatic rings. The molecule has 3 aromatic rings. The largest absolute Gasteiger partial charge is 0.494 e. The molecule has 0 bridgehead atoms. The van der Waals surface area contributed by atoms with Gasteiger partial charge in [-0.2, -0.15) is 0 Å². The van der Waals surface area contributed by atoms with Crippen molar-refractivity contribution in [3.63, 3.8) is 0 Å². The van der Waals surface area contributed by atoms with Gasteiger partial charge in [0.1, 0.15) is 11.4 Å². The zero-order chi connectivity index (χ0) is 16.4. The number of nitrogens with one attached hydrogen (secondary N) is 2. The number of nitrogens with zero attached hydrogens (tertiary/aromatic N) is 2. The minimum atomic E-state index is -0.551. The van der Waals surface area contributed by atoms with E-state index in [0.717, 1.165) is 5.56 Å². The summed E-state index contributed by atoms with van der Waals surface area (Å²) in [5, 5.41) is 11.8. The maximum absolute atomic E-state index is 12.9. The highest BCUT2D eigenvalue weighted by atomic mass is 32.1. The summed E-state index contributed by atoms with van der Waals surface area (Å²) in [6.45, 7) is 0. The second kappa shape index (κ2) is 6.23. The van der Waals surface area contributed by atoms with Crippen molar-refractivity contribution >= 4 is 34.9 Å². The Kier molecular flexibility index (Phi) is 4.13. The summed E-state index contributed by atoms with van der Waals surface area (Å²) in [5.74, 6) is -0.684. The van der Waals surface area contributed by atoms with Gasteiger partial charge in [0.25, 0.3) is 5.56 Å². The van der Waals surface area contributed by atoms with Gasteiger partial charge in [0.15, 0.2) is 4.77 Å². The molecule has 23 heavy (non-hydrogen) atoms. The van der Waals surface area contributed by atoms with Crippen molar-refractivity contribution in [3.8, 4) is 17.1 Å². The Morgan fingerprint density at radius 1 is 1.30 bits per heavy atom. The molecule has 0 unspecified atom stereocenters. The second-order valence-corrected chi connectivity index (χ2v) is 5.70. The summed E-state index contributed by atoms with van der Waals surface area (Å²) < 4.78 is 12.9. The third kappa shape index (κ3) is 3.41.